The first-order valence-electron chi connectivity index (χ1n) is 8.83. The average Bonchev–Trinajstić information content (AvgIpc) is 2.60. The smallest absolute Gasteiger partial charge is 0.107 e. The number of allylic oxidation sites excluding steroid dienone is 3. The van der Waals surface area contributed by atoms with Gasteiger partial charge in [-0.2, -0.15) is 0 Å². The van der Waals surface area contributed by atoms with E-state index in [0.717, 1.165) is 25.6 Å². The summed E-state index contributed by atoms with van der Waals surface area (Å²) in [6, 6.07) is 10.8. The molecule has 0 spiro atoms. The normalized spacial score (nSPS) is 33.1. The molecule has 3 aliphatic rings. The summed E-state index contributed by atoms with van der Waals surface area (Å²) in [6.45, 7) is 5.32. The minimum Gasteiger partial charge on any atom is -0.373 e. The number of hydrogen-bond acceptors (Lipinski definition) is 1. The molecule has 1 saturated heterocycles. The number of quaternary nitrogens is 1. The fraction of sp³-hybridized carbons (Fsp3) is 0.429. The molecule has 2 unspecified atom stereocenters. The first-order chi connectivity index (χ1) is 11.3. The van der Waals surface area contributed by atoms with Crippen molar-refractivity contribution in [1.29, 1.82) is 0 Å². The van der Waals surface area contributed by atoms with Crippen molar-refractivity contribution in [2.75, 3.05) is 13.2 Å². The Labute approximate surface area is 139 Å². The van der Waals surface area contributed by atoms with Crippen molar-refractivity contribution in [1.82, 2.24) is 0 Å². The maximum Gasteiger partial charge on any atom is 0.107 e. The molecule has 120 valence electrons. The molecule has 2 aliphatic heterocycles. The quantitative estimate of drug-likeness (QED) is 0.848. The topological polar surface area (TPSA) is 13.7 Å². The summed E-state index contributed by atoms with van der Waals surface area (Å²) in [4.78, 5) is 1.50. The van der Waals surface area contributed by atoms with Crippen LogP contribution < -0.4 is 4.90 Å². The van der Waals surface area contributed by atoms with Gasteiger partial charge in [-0.1, -0.05) is 42.0 Å². The molecule has 4 atom stereocenters. The van der Waals surface area contributed by atoms with Crippen LogP contribution in [0.25, 0.3) is 0 Å². The number of benzene rings is 1. The van der Waals surface area contributed by atoms with E-state index in [9.17, 15) is 0 Å². The molecule has 4 rings (SSSR count). The molecule has 1 fully saturated rings. The van der Waals surface area contributed by atoms with Crippen molar-refractivity contribution in [3.63, 3.8) is 0 Å². The van der Waals surface area contributed by atoms with Crippen LogP contribution in [0.1, 0.15) is 25.3 Å². The summed E-state index contributed by atoms with van der Waals surface area (Å²) in [6.07, 6.45) is 12.0. The average molecular weight is 308 g/mol. The Hall–Kier alpha value is -1.64. The third-order valence-corrected chi connectivity index (χ3v) is 5.54. The summed E-state index contributed by atoms with van der Waals surface area (Å²) in [7, 11) is 0. The molecular formula is C21H26NO+. The highest BCUT2D eigenvalue weighted by Gasteiger charge is 2.37. The Morgan fingerprint density at radius 1 is 1.22 bits per heavy atom. The lowest BCUT2D eigenvalue weighted by atomic mass is 9.75. The fourth-order valence-electron chi connectivity index (χ4n) is 4.23. The second-order valence-corrected chi connectivity index (χ2v) is 7.24. The van der Waals surface area contributed by atoms with Gasteiger partial charge in [0.1, 0.15) is 13.1 Å². The molecule has 2 heteroatoms. The SMILES string of the molecule is CC1=CC[C@H]2COC(C3=CC=C[NH+](Cc4ccccc4)C3)[C@@H]1C2. The molecule has 2 bridgehead atoms. The van der Waals surface area contributed by atoms with Crippen molar-refractivity contribution in [3.8, 4) is 0 Å². The highest BCUT2D eigenvalue weighted by Crippen LogP contribution is 2.39. The predicted octanol–water partition coefficient (Wildman–Crippen LogP) is 2.90. The highest BCUT2D eigenvalue weighted by molar-refractivity contribution is 5.25. The van der Waals surface area contributed by atoms with Gasteiger partial charge in [0.15, 0.2) is 0 Å². The monoisotopic (exact) mass is 308 g/mol. The second kappa shape index (κ2) is 6.46. The van der Waals surface area contributed by atoms with Crippen molar-refractivity contribution in [2.45, 2.75) is 32.4 Å². The van der Waals surface area contributed by atoms with E-state index in [0.29, 0.717) is 12.0 Å². The standard InChI is InChI=1S/C21H25NO/c1-16-9-10-18-12-20(16)21(23-15-18)19-8-5-11-22(14-19)13-17-6-3-2-4-7-17/h2-9,11,18,20-21H,10,12-15H2,1H3/p+1/t18-,20-,21?/m1/s1. The van der Waals surface area contributed by atoms with E-state index in [1.54, 1.807) is 0 Å². The summed E-state index contributed by atoms with van der Waals surface area (Å²) in [5, 5.41) is 0. The maximum absolute atomic E-state index is 6.30. The van der Waals surface area contributed by atoms with Crippen LogP contribution >= 0.6 is 0 Å². The van der Waals surface area contributed by atoms with E-state index in [1.807, 2.05) is 0 Å². The lowest BCUT2D eigenvalue weighted by molar-refractivity contribution is -0.857. The molecule has 0 saturated carbocycles. The zero-order chi connectivity index (χ0) is 15.6. The molecule has 0 radical (unpaired) electrons. The van der Waals surface area contributed by atoms with Gasteiger partial charge in [0.25, 0.3) is 0 Å². The molecule has 1 aromatic carbocycles. The minimum atomic E-state index is 0.290. The lowest BCUT2D eigenvalue weighted by Gasteiger charge is -2.41. The van der Waals surface area contributed by atoms with Crippen molar-refractivity contribution < 1.29 is 9.64 Å². The zero-order valence-electron chi connectivity index (χ0n) is 13.9. The molecule has 2 nitrogen and oxygen atoms in total. The van der Waals surface area contributed by atoms with Crippen molar-refractivity contribution in [3.05, 3.63) is 71.5 Å². The summed E-state index contributed by atoms with van der Waals surface area (Å²) >= 11 is 0. The molecule has 23 heavy (non-hydrogen) atoms. The molecule has 2 heterocycles. The molecule has 1 N–H and O–H groups in total. The second-order valence-electron chi connectivity index (χ2n) is 7.24. The number of rotatable bonds is 3. The molecule has 0 aromatic heterocycles. The number of ether oxygens (including phenoxy) is 1. The fourth-order valence-corrected chi connectivity index (χ4v) is 4.23. The molecular weight excluding hydrogens is 282 g/mol. The highest BCUT2D eigenvalue weighted by atomic mass is 16.5. The lowest BCUT2D eigenvalue weighted by Crippen LogP contribution is -3.06. The van der Waals surface area contributed by atoms with E-state index in [1.165, 1.54) is 34.5 Å². The van der Waals surface area contributed by atoms with Gasteiger partial charge in [-0.3, -0.25) is 0 Å². The van der Waals surface area contributed by atoms with Crippen LogP contribution in [0.3, 0.4) is 0 Å². The van der Waals surface area contributed by atoms with Gasteiger partial charge < -0.3 is 9.64 Å². The van der Waals surface area contributed by atoms with Crippen molar-refractivity contribution in [2.24, 2.45) is 11.8 Å². The minimum absolute atomic E-state index is 0.290. The summed E-state index contributed by atoms with van der Waals surface area (Å²) in [5.41, 5.74) is 4.40. The van der Waals surface area contributed by atoms with Crippen molar-refractivity contribution >= 4 is 0 Å². The van der Waals surface area contributed by atoms with Crippen LogP contribution in [0.15, 0.2) is 65.9 Å². The number of nitrogens with one attached hydrogen (secondary N) is 1. The first-order valence-corrected chi connectivity index (χ1v) is 8.83. The Balaban J connectivity index is 1.47. The Bertz CT molecular complexity index is 643. The number of hydrogen-bond donors (Lipinski definition) is 1. The Morgan fingerprint density at radius 3 is 2.96 bits per heavy atom. The zero-order valence-corrected chi connectivity index (χ0v) is 13.9. The van der Waals surface area contributed by atoms with Gasteiger partial charge >= 0.3 is 0 Å². The van der Waals surface area contributed by atoms with Crippen LogP contribution in [0.5, 0.6) is 0 Å². The van der Waals surface area contributed by atoms with E-state index in [4.69, 9.17) is 4.74 Å². The molecule has 1 aliphatic carbocycles. The maximum atomic E-state index is 6.30. The number of fused-ring (bicyclic) bond motifs is 2. The van der Waals surface area contributed by atoms with Gasteiger partial charge in [-0.25, -0.2) is 0 Å². The summed E-state index contributed by atoms with van der Waals surface area (Å²) in [5.74, 6) is 1.34. The van der Waals surface area contributed by atoms with E-state index < -0.39 is 0 Å². The first kappa shape index (κ1) is 14.9. The van der Waals surface area contributed by atoms with E-state index in [2.05, 4.69) is 61.7 Å². The Kier molecular flexibility index (Phi) is 4.19. The van der Waals surface area contributed by atoms with Gasteiger partial charge in [0, 0.05) is 17.1 Å². The van der Waals surface area contributed by atoms with Crippen LogP contribution in [0, 0.1) is 11.8 Å². The largest absolute Gasteiger partial charge is 0.373 e. The van der Waals surface area contributed by atoms with Gasteiger partial charge in [-0.15, -0.1) is 0 Å². The third kappa shape index (κ3) is 3.19. The van der Waals surface area contributed by atoms with Crippen LogP contribution in [0.4, 0.5) is 0 Å². The van der Waals surface area contributed by atoms with E-state index >= 15 is 0 Å². The van der Waals surface area contributed by atoms with Gasteiger partial charge in [-0.05, 0) is 37.8 Å². The van der Waals surface area contributed by atoms with Gasteiger partial charge in [0.05, 0.1) is 18.9 Å². The predicted molar refractivity (Wildman–Crippen MR) is 92.9 cm³/mol. The molecule has 0 amide bonds. The van der Waals surface area contributed by atoms with Crippen LogP contribution in [-0.4, -0.2) is 19.3 Å². The Morgan fingerprint density at radius 2 is 2.09 bits per heavy atom. The van der Waals surface area contributed by atoms with Gasteiger partial charge in [0.2, 0.25) is 0 Å². The van der Waals surface area contributed by atoms with Crippen LogP contribution in [0.2, 0.25) is 0 Å². The van der Waals surface area contributed by atoms with E-state index in [-0.39, 0.29) is 0 Å². The van der Waals surface area contributed by atoms with Crippen LogP contribution in [-0.2, 0) is 11.3 Å². The summed E-state index contributed by atoms with van der Waals surface area (Å²) < 4.78 is 6.30. The molecule has 1 aromatic rings. The third-order valence-electron chi connectivity index (χ3n) is 5.54.